The average Bonchev–Trinajstić information content (AvgIpc) is 3.00. The predicted octanol–water partition coefficient (Wildman–Crippen LogP) is 3.67. The number of halogens is 1. The molecule has 1 saturated heterocycles. The molecule has 0 saturated carbocycles. The monoisotopic (exact) mass is 262 g/mol. The van der Waals surface area contributed by atoms with Gasteiger partial charge in [0, 0.05) is 6.20 Å². The molecule has 3 nitrogen and oxygen atoms in total. The smallest absolute Gasteiger partial charge is 0.193 e. The first-order valence-electron chi connectivity index (χ1n) is 6.22. The Bertz CT molecular complexity index is 512. The molecular formula is C14H15ClN2O. The molecule has 1 unspecified atom stereocenters. The van der Waals surface area contributed by atoms with E-state index in [1.807, 2.05) is 24.4 Å². The van der Waals surface area contributed by atoms with E-state index in [0.29, 0.717) is 11.3 Å². The van der Waals surface area contributed by atoms with Crippen molar-refractivity contribution in [2.75, 3.05) is 6.54 Å². The first-order chi connectivity index (χ1) is 8.83. The van der Waals surface area contributed by atoms with Crippen LogP contribution in [0.1, 0.15) is 30.3 Å². The molecule has 2 aromatic rings. The highest BCUT2D eigenvalue weighted by Crippen LogP contribution is 2.32. The highest BCUT2D eigenvalue weighted by Gasteiger charge is 2.27. The number of pyridine rings is 1. The van der Waals surface area contributed by atoms with Crippen LogP contribution in [0.3, 0.4) is 0 Å². The van der Waals surface area contributed by atoms with Crippen molar-refractivity contribution in [3.8, 4) is 0 Å². The number of hydrogen-bond acceptors (Lipinski definition) is 3. The van der Waals surface area contributed by atoms with Gasteiger partial charge in [-0.25, -0.2) is 0 Å². The summed E-state index contributed by atoms with van der Waals surface area (Å²) in [5, 5.41) is 0.457. The van der Waals surface area contributed by atoms with E-state index in [0.717, 1.165) is 31.0 Å². The molecule has 2 aromatic heterocycles. The van der Waals surface area contributed by atoms with Crippen molar-refractivity contribution >= 4 is 11.6 Å². The molecule has 0 bridgehead atoms. The fourth-order valence-corrected chi connectivity index (χ4v) is 2.72. The number of likely N-dealkylation sites (tertiary alicyclic amines) is 1. The zero-order valence-electron chi connectivity index (χ0n) is 10.1. The number of nitrogens with zero attached hydrogens (tertiary/aromatic N) is 2. The van der Waals surface area contributed by atoms with E-state index in [-0.39, 0.29) is 0 Å². The molecule has 0 aromatic carbocycles. The molecular weight excluding hydrogens is 248 g/mol. The van der Waals surface area contributed by atoms with Crippen LogP contribution in [-0.2, 0) is 6.54 Å². The maximum atomic E-state index is 5.80. The Morgan fingerprint density at radius 1 is 1.33 bits per heavy atom. The van der Waals surface area contributed by atoms with Gasteiger partial charge in [0.25, 0.3) is 0 Å². The summed E-state index contributed by atoms with van der Waals surface area (Å²) in [6.07, 6.45) is 4.22. The topological polar surface area (TPSA) is 29.3 Å². The van der Waals surface area contributed by atoms with E-state index in [9.17, 15) is 0 Å². The Balaban J connectivity index is 1.75. The molecule has 3 heterocycles. The molecule has 1 aliphatic heterocycles. The summed E-state index contributed by atoms with van der Waals surface area (Å²) in [7, 11) is 0. The number of aromatic nitrogens is 1. The fraction of sp³-hybridized carbons (Fsp3) is 0.357. The second-order valence-electron chi connectivity index (χ2n) is 4.59. The van der Waals surface area contributed by atoms with Crippen molar-refractivity contribution in [1.82, 2.24) is 9.88 Å². The largest absolute Gasteiger partial charge is 0.448 e. The van der Waals surface area contributed by atoms with E-state index < -0.39 is 0 Å². The lowest BCUT2D eigenvalue weighted by molar-refractivity contribution is 0.225. The van der Waals surface area contributed by atoms with Crippen LogP contribution in [0.2, 0.25) is 5.22 Å². The lowest BCUT2D eigenvalue weighted by Crippen LogP contribution is -2.23. The molecule has 1 aliphatic rings. The van der Waals surface area contributed by atoms with Crippen molar-refractivity contribution < 1.29 is 4.42 Å². The average molecular weight is 263 g/mol. The van der Waals surface area contributed by atoms with Crippen LogP contribution >= 0.6 is 11.6 Å². The van der Waals surface area contributed by atoms with Crippen LogP contribution in [0.25, 0.3) is 0 Å². The lowest BCUT2D eigenvalue weighted by Gasteiger charge is -2.22. The van der Waals surface area contributed by atoms with Crippen molar-refractivity contribution in [2.45, 2.75) is 25.4 Å². The molecule has 0 N–H and O–H groups in total. The van der Waals surface area contributed by atoms with Gasteiger partial charge in [0.1, 0.15) is 5.76 Å². The summed E-state index contributed by atoms with van der Waals surface area (Å²) in [6, 6.07) is 10.2. The molecule has 0 amide bonds. The maximum Gasteiger partial charge on any atom is 0.193 e. The molecule has 94 valence electrons. The van der Waals surface area contributed by atoms with Gasteiger partial charge in [0.15, 0.2) is 5.22 Å². The third-order valence-electron chi connectivity index (χ3n) is 3.38. The molecule has 0 radical (unpaired) electrons. The normalized spacial score (nSPS) is 20.4. The van der Waals surface area contributed by atoms with E-state index in [1.165, 1.54) is 6.42 Å². The second kappa shape index (κ2) is 5.12. The fourth-order valence-electron chi connectivity index (χ4n) is 2.56. The van der Waals surface area contributed by atoms with E-state index >= 15 is 0 Å². The van der Waals surface area contributed by atoms with Gasteiger partial charge in [-0.2, -0.15) is 0 Å². The van der Waals surface area contributed by atoms with Crippen molar-refractivity contribution in [1.29, 1.82) is 0 Å². The Labute approximate surface area is 111 Å². The van der Waals surface area contributed by atoms with Gasteiger partial charge < -0.3 is 4.42 Å². The van der Waals surface area contributed by atoms with Crippen LogP contribution in [0, 0.1) is 0 Å². The maximum absolute atomic E-state index is 5.80. The van der Waals surface area contributed by atoms with E-state index in [4.69, 9.17) is 16.0 Å². The van der Waals surface area contributed by atoms with Gasteiger partial charge in [-0.05, 0) is 55.3 Å². The van der Waals surface area contributed by atoms with Crippen molar-refractivity contribution in [2.24, 2.45) is 0 Å². The summed E-state index contributed by atoms with van der Waals surface area (Å²) >= 11 is 5.80. The van der Waals surface area contributed by atoms with Gasteiger partial charge >= 0.3 is 0 Å². The summed E-state index contributed by atoms with van der Waals surface area (Å²) in [5.41, 5.74) is 1.15. The minimum atomic E-state index is 0.398. The minimum Gasteiger partial charge on any atom is -0.448 e. The summed E-state index contributed by atoms with van der Waals surface area (Å²) in [5.74, 6) is 0.919. The Morgan fingerprint density at radius 3 is 3.00 bits per heavy atom. The van der Waals surface area contributed by atoms with Crippen LogP contribution in [-0.4, -0.2) is 16.4 Å². The van der Waals surface area contributed by atoms with Crippen molar-refractivity contribution in [3.05, 3.63) is 53.2 Å². The Morgan fingerprint density at radius 2 is 2.28 bits per heavy atom. The zero-order chi connectivity index (χ0) is 12.4. The predicted molar refractivity (Wildman–Crippen MR) is 70.3 cm³/mol. The summed E-state index contributed by atoms with van der Waals surface area (Å²) in [6.45, 7) is 1.88. The third-order valence-corrected chi connectivity index (χ3v) is 3.58. The molecule has 18 heavy (non-hydrogen) atoms. The first-order valence-corrected chi connectivity index (χ1v) is 6.60. The molecule has 1 fully saturated rings. The molecule has 3 rings (SSSR count). The van der Waals surface area contributed by atoms with Crippen molar-refractivity contribution in [3.63, 3.8) is 0 Å². The van der Waals surface area contributed by atoms with Gasteiger partial charge in [-0.15, -0.1) is 0 Å². The minimum absolute atomic E-state index is 0.398. The molecule has 4 heteroatoms. The zero-order valence-corrected chi connectivity index (χ0v) is 10.8. The highest BCUT2D eigenvalue weighted by atomic mass is 35.5. The number of furan rings is 1. The molecule has 0 aliphatic carbocycles. The van der Waals surface area contributed by atoms with Crippen LogP contribution in [0.15, 0.2) is 40.9 Å². The molecule has 0 spiro atoms. The summed E-state index contributed by atoms with van der Waals surface area (Å²) < 4.78 is 5.43. The van der Waals surface area contributed by atoms with E-state index in [1.54, 1.807) is 6.07 Å². The third kappa shape index (κ3) is 2.42. The number of hydrogen-bond donors (Lipinski definition) is 0. The number of rotatable bonds is 3. The highest BCUT2D eigenvalue weighted by molar-refractivity contribution is 6.28. The SMILES string of the molecule is Clc1ccc(CN2CCCC2c2ccccn2)o1. The lowest BCUT2D eigenvalue weighted by atomic mass is 10.1. The Hall–Kier alpha value is -1.32. The standard InChI is InChI=1S/C14H15ClN2O/c15-14-7-6-11(18-14)10-17-9-3-5-13(17)12-4-1-2-8-16-12/h1-2,4,6-8,13H,3,5,9-10H2. The van der Waals surface area contributed by atoms with Crippen LogP contribution < -0.4 is 0 Å². The summed E-state index contributed by atoms with van der Waals surface area (Å²) in [4.78, 5) is 6.86. The van der Waals surface area contributed by atoms with E-state index in [2.05, 4.69) is 16.0 Å². The van der Waals surface area contributed by atoms with Gasteiger partial charge in [-0.3, -0.25) is 9.88 Å². The van der Waals surface area contributed by atoms with Gasteiger partial charge in [-0.1, -0.05) is 6.07 Å². The van der Waals surface area contributed by atoms with Gasteiger partial charge in [0.2, 0.25) is 0 Å². The van der Waals surface area contributed by atoms with Crippen LogP contribution in [0.4, 0.5) is 0 Å². The first kappa shape index (κ1) is 11.8. The van der Waals surface area contributed by atoms with Gasteiger partial charge in [0.05, 0.1) is 18.3 Å². The van der Waals surface area contributed by atoms with Crippen LogP contribution in [0.5, 0.6) is 0 Å². The Kier molecular flexibility index (Phi) is 3.35. The quantitative estimate of drug-likeness (QED) is 0.845. The second-order valence-corrected chi connectivity index (χ2v) is 4.96. The molecule has 1 atom stereocenters.